The molecule has 0 amide bonds. The summed E-state index contributed by atoms with van der Waals surface area (Å²) >= 11 is 0. The molecule has 0 saturated carbocycles. The fraction of sp³-hybridized carbons (Fsp3) is 0.308. The molecule has 0 unspecified atom stereocenters. The number of fused-ring (bicyclic) bond motifs is 1. The second-order valence-corrected chi connectivity index (χ2v) is 4.49. The first-order valence-corrected chi connectivity index (χ1v) is 5.69. The second kappa shape index (κ2) is 4.25. The second-order valence-electron chi connectivity index (χ2n) is 4.49. The molecule has 0 aliphatic heterocycles. The summed E-state index contributed by atoms with van der Waals surface area (Å²) in [6, 6.07) is 4.99. The number of ether oxygens (including phenoxy) is 1. The van der Waals surface area contributed by atoms with Crippen LogP contribution in [0.1, 0.15) is 13.8 Å². The molecule has 0 aliphatic carbocycles. The molecule has 1 aromatic carbocycles. The number of pyridine rings is 1. The number of nitrogens with zero attached hydrogens (tertiary/aromatic N) is 1. The van der Waals surface area contributed by atoms with Gasteiger partial charge in [0, 0.05) is 18.1 Å². The van der Waals surface area contributed by atoms with E-state index in [-0.39, 0.29) is 23.2 Å². The number of hydrogen-bond donors (Lipinski definition) is 2. The van der Waals surface area contributed by atoms with Gasteiger partial charge >= 0.3 is 0 Å². The molecule has 1 heterocycles. The number of anilines is 1. The third-order valence-electron chi connectivity index (χ3n) is 2.71. The van der Waals surface area contributed by atoms with E-state index < -0.39 is 0 Å². The summed E-state index contributed by atoms with van der Waals surface area (Å²) in [5, 5.41) is 10.7. The Balaban J connectivity index is 2.83. The lowest BCUT2D eigenvalue weighted by Gasteiger charge is -2.14. The summed E-state index contributed by atoms with van der Waals surface area (Å²) in [5.41, 5.74) is 6.42. The molecule has 5 heteroatoms. The van der Waals surface area contributed by atoms with E-state index in [9.17, 15) is 9.90 Å². The fourth-order valence-electron chi connectivity index (χ4n) is 1.85. The molecule has 0 atom stereocenters. The van der Waals surface area contributed by atoms with Gasteiger partial charge in [-0.15, -0.1) is 0 Å². The summed E-state index contributed by atoms with van der Waals surface area (Å²) in [7, 11) is 1.62. The molecule has 0 spiro atoms. The van der Waals surface area contributed by atoms with Crippen LogP contribution in [0.4, 0.5) is 5.69 Å². The van der Waals surface area contributed by atoms with Gasteiger partial charge in [-0.3, -0.25) is 4.79 Å². The predicted octanol–water partition coefficient (Wildman–Crippen LogP) is 1.61. The van der Waals surface area contributed by atoms with E-state index in [1.807, 2.05) is 0 Å². The highest BCUT2D eigenvalue weighted by Gasteiger charge is 2.16. The minimum Gasteiger partial charge on any atom is -0.504 e. The normalized spacial score (nSPS) is 11.1. The largest absolute Gasteiger partial charge is 0.504 e. The molecule has 0 aliphatic rings. The van der Waals surface area contributed by atoms with Crippen LogP contribution in [0, 0.1) is 0 Å². The molecule has 96 valence electrons. The van der Waals surface area contributed by atoms with Gasteiger partial charge in [-0.25, -0.2) is 0 Å². The monoisotopic (exact) mass is 248 g/mol. The maximum absolute atomic E-state index is 12.1. The first-order chi connectivity index (χ1) is 8.41. The Kier molecular flexibility index (Phi) is 2.90. The average Bonchev–Trinajstić information content (AvgIpc) is 2.31. The quantitative estimate of drug-likeness (QED) is 0.791. The minimum atomic E-state index is -0.376. The van der Waals surface area contributed by atoms with Crippen molar-refractivity contribution in [2.24, 2.45) is 7.05 Å². The van der Waals surface area contributed by atoms with Gasteiger partial charge < -0.3 is 20.1 Å². The van der Waals surface area contributed by atoms with Crippen LogP contribution in [0.25, 0.3) is 10.9 Å². The van der Waals surface area contributed by atoms with Crippen LogP contribution in [0.3, 0.4) is 0 Å². The van der Waals surface area contributed by atoms with E-state index in [1.165, 1.54) is 4.57 Å². The van der Waals surface area contributed by atoms with Crippen molar-refractivity contribution in [3.63, 3.8) is 0 Å². The number of rotatable bonds is 2. The number of nitrogen functional groups attached to an aromatic ring is 1. The van der Waals surface area contributed by atoms with Crippen molar-refractivity contribution in [2.75, 3.05) is 5.73 Å². The number of aryl methyl sites for hydroxylation is 1. The third kappa shape index (κ3) is 1.88. The molecule has 18 heavy (non-hydrogen) atoms. The van der Waals surface area contributed by atoms with Crippen LogP contribution in [0.5, 0.6) is 11.5 Å². The number of aromatic nitrogens is 1. The van der Waals surface area contributed by atoms with Gasteiger partial charge in [0.05, 0.1) is 11.6 Å². The molecule has 0 bridgehead atoms. The molecule has 1 aromatic heterocycles. The molecular weight excluding hydrogens is 232 g/mol. The molecule has 3 N–H and O–H groups in total. The fourth-order valence-corrected chi connectivity index (χ4v) is 1.85. The third-order valence-corrected chi connectivity index (χ3v) is 2.71. The van der Waals surface area contributed by atoms with Crippen LogP contribution in [-0.2, 0) is 7.05 Å². The van der Waals surface area contributed by atoms with Crippen molar-refractivity contribution < 1.29 is 9.84 Å². The number of hydrogen-bond acceptors (Lipinski definition) is 4. The highest BCUT2D eigenvalue weighted by molar-refractivity contribution is 5.89. The van der Waals surface area contributed by atoms with Gasteiger partial charge in [0.15, 0.2) is 5.75 Å². The van der Waals surface area contributed by atoms with Gasteiger partial charge in [0.25, 0.3) is 5.56 Å². The van der Waals surface area contributed by atoms with Gasteiger partial charge in [0.2, 0.25) is 5.75 Å². The Labute approximate surface area is 104 Å². The van der Waals surface area contributed by atoms with E-state index in [0.29, 0.717) is 16.6 Å². The zero-order valence-electron chi connectivity index (χ0n) is 10.6. The number of benzene rings is 1. The highest BCUT2D eigenvalue weighted by Crippen LogP contribution is 2.32. The van der Waals surface area contributed by atoms with E-state index in [4.69, 9.17) is 10.5 Å². The molecule has 0 fully saturated rings. The minimum absolute atomic E-state index is 0.0234. The molecule has 0 radical (unpaired) electrons. The smallest absolute Gasteiger partial charge is 0.297 e. The lowest BCUT2D eigenvalue weighted by molar-refractivity contribution is 0.228. The molecular formula is C13H16N2O3. The molecule has 5 nitrogen and oxygen atoms in total. The van der Waals surface area contributed by atoms with E-state index >= 15 is 0 Å². The van der Waals surface area contributed by atoms with E-state index in [2.05, 4.69) is 0 Å². The summed E-state index contributed by atoms with van der Waals surface area (Å²) < 4.78 is 6.80. The summed E-state index contributed by atoms with van der Waals surface area (Å²) in [6.45, 7) is 3.60. The molecule has 2 rings (SSSR count). The first kappa shape index (κ1) is 12.3. The predicted molar refractivity (Wildman–Crippen MR) is 71.0 cm³/mol. The van der Waals surface area contributed by atoms with Crippen LogP contribution in [0.15, 0.2) is 23.0 Å². The lowest BCUT2D eigenvalue weighted by atomic mass is 10.1. The topological polar surface area (TPSA) is 77.5 Å². The van der Waals surface area contributed by atoms with Crippen molar-refractivity contribution >= 4 is 16.6 Å². The van der Waals surface area contributed by atoms with Crippen LogP contribution in [-0.4, -0.2) is 15.8 Å². The lowest BCUT2D eigenvalue weighted by Crippen LogP contribution is -2.22. The van der Waals surface area contributed by atoms with E-state index in [0.717, 1.165) is 0 Å². The first-order valence-electron chi connectivity index (χ1n) is 5.69. The summed E-state index contributed by atoms with van der Waals surface area (Å²) in [5.74, 6) is -0.161. The van der Waals surface area contributed by atoms with Gasteiger partial charge in [-0.05, 0) is 32.0 Å². The van der Waals surface area contributed by atoms with Crippen molar-refractivity contribution in [3.05, 3.63) is 28.6 Å². The van der Waals surface area contributed by atoms with Gasteiger partial charge in [0.1, 0.15) is 0 Å². The maximum atomic E-state index is 12.1. The van der Waals surface area contributed by atoms with Crippen LogP contribution < -0.4 is 16.0 Å². The Bertz CT molecular complexity index is 659. The Morgan fingerprint density at radius 1 is 1.39 bits per heavy atom. The zero-order chi connectivity index (χ0) is 13.4. The summed E-state index contributed by atoms with van der Waals surface area (Å²) in [4.78, 5) is 12.1. The number of nitrogens with two attached hydrogens (primary N) is 1. The number of aromatic hydroxyl groups is 1. The zero-order valence-corrected chi connectivity index (χ0v) is 10.6. The summed E-state index contributed by atoms with van der Waals surface area (Å²) in [6.07, 6.45) is -0.185. The Morgan fingerprint density at radius 3 is 2.67 bits per heavy atom. The van der Waals surface area contributed by atoms with Crippen LogP contribution >= 0.6 is 0 Å². The maximum Gasteiger partial charge on any atom is 0.297 e. The Morgan fingerprint density at radius 2 is 2.06 bits per heavy atom. The van der Waals surface area contributed by atoms with Gasteiger partial charge in [-0.2, -0.15) is 0 Å². The van der Waals surface area contributed by atoms with E-state index in [1.54, 1.807) is 39.1 Å². The standard InChI is InChI=1S/C13H16N2O3/c1-7(2)18-12-11(16)9-5-4-8(14)6-10(9)15(3)13(12)17/h4-7,16H,14H2,1-3H3. The van der Waals surface area contributed by atoms with Crippen LogP contribution in [0.2, 0.25) is 0 Å². The molecule has 2 aromatic rings. The van der Waals surface area contributed by atoms with Crippen molar-refractivity contribution in [2.45, 2.75) is 20.0 Å². The molecule has 0 saturated heterocycles. The SMILES string of the molecule is CC(C)Oc1c(O)c2ccc(N)cc2n(C)c1=O. The van der Waals surface area contributed by atoms with Crippen molar-refractivity contribution in [3.8, 4) is 11.5 Å². The average molecular weight is 248 g/mol. The van der Waals surface area contributed by atoms with Crippen molar-refractivity contribution in [1.82, 2.24) is 4.57 Å². The highest BCUT2D eigenvalue weighted by atomic mass is 16.5. The Hall–Kier alpha value is -2.17. The van der Waals surface area contributed by atoms with Crippen molar-refractivity contribution in [1.29, 1.82) is 0 Å². The van der Waals surface area contributed by atoms with Gasteiger partial charge in [-0.1, -0.05) is 0 Å².